The van der Waals surface area contributed by atoms with Crippen molar-refractivity contribution in [3.63, 3.8) is 0 Å². The van der Waals surface area contributed by atoms with Gasteiger partial charge >= 0.3 is 5.56 Å². The number of nitrogens with zero attached hydrogens (tertiary/aromatic N) is 4. The molecule has 25 heavy (non-hydrogen) atoms. The zero-order valence-electron chi connectivity index (χ0n) is 13.4. The second-order valence-electron chi connectivity index (χ2n) is 5.56. The molecule has 1 aromatic carbocycles. The lowest BCUT2D eigenvalue weighted by molar-refractivity contribution is 0.383. The zero-order valence-corrected chi connectivity index (χ0v) is 14.2. The fraction of sp³-hybridized carbons (Fsp3) is 0.333. The van der Waals surface area contributed by atoms with Crippen molar-refractivity contribution < 1.29 is 18.4 Å². The van der Waals surface area contributed by atoms with Crippen molar-refractivity contribution in [3.05, 3.63) is 46.4 Å². The van der Waals surface area contributed by atoms with Gasteiger partial charge in [-0.1, -0.05) is 0 Å². The number of benzene rings is 1. The standard InChI is InChI=1S/C15H16F2N4O3S/c1-25(24)20-4-2-19(3-5-20)13-9-18-21(15(23)14(13)22)12-7-10(16)6-11(17)8-12/h6-9,22H,2-5H2,1H3. The van der Waals surface area contributed by atoms with Crippen molar-refractivity contribution in [2.45, 2.75) is 0 Å². The van der Waals surface area contributed by atoms with Crippen LogP contribution in [0.25, 0.3) is 5.69 Å². The minimum absolute atomic E-state index is 0.115. The Labute approximate surface area is 145 Å². The molecule has 3 rings (SSSR count). The summed E-state index contributed by atoms with van der Waals surface area (Å²) in [5.74, 6) is -2.25. The van der Waals surface area contributed by atoms with Gasteiger partial charge in [-0.05, 0) is 12.1 Å². The molecule has 10 heteroatoms. The van der Waals surface area contributed by atoms with Crippen LogP contribution in [0, 0.1) is 11.6 Å². The minimum atomic E-state index is -1.07. The molecule has 1 aliphatic heterocycles. The van der Waals surface area contributed by atoms with Gasteiger partial charge in [0, 0.05) is 30.5 Å². The van der Waals surface area contributed by atoms with Crippen LogP contribution < -0.4 is 10.5 Å². The number of piperazine rings is 1. The van der Waals surface area contributed by atoms with E-state index >= 15 is 0 Å². The third-order valence-electron chi connectivity index (χ3n) is 3.97. The van der Waals surface area contributed by atoms with Crippen LogP contribution >= 0.6 is 0 Å². The van der Waals surface area contributed by atoms with Crippen LogP contribution in [0.4, 0.5) is 14.5 Å². The molecule has 1 atom stereocenters. The fourth-order valence-electron chi connectivity index (χ4n) is 2.70. The predicted molar refractivity (Wildman–Crippen MR) is 89.3 cm³/mol. The van der Waals surface area contributed by atoms with Crippen LogP contribution in [0.2, 0.25) is 0 Å². The van der Waals surface area contributed by atoms with E-state index in [0.717, 1.165) is 16.8 Å². The smallest absolute Gasteiger partial charge is 0.315 e. The minimum Gasteiger partial charge on any atom is -0.598 e. The van der Waals surface area contributed by atoms with Crippen LogP contribution in [-0.2, 0) is 11.4 Å². The number of aromatic nitrogens is 2. The summed E-state index contributed by atoms with van der Waals surface area (Å²) in [7, 11) is 0. The molecule has 1 aromatic heterocycles. The maximum Gasteiger partial charge on any atom is 0.315 e. The second kappa shape index (κ2) is 6.98. The summed E-state index contributed by atoms with van der Waals surface area (Å²) in [5.41, 5.74) is -0.751. The Morgan fingerprint density at radius 1 is 1.16 bits per heavy atom. The second-order valence-corrected chi connectivity index (χ2v) is 6.93. The van der Waals surface area contributed by atoms with E-state index in [0.29, 0.717) is 32.2 Å². The third kappa shape index (κ3) is 3.60. The summed E-state index contributed by atoms with van der Waals surface area (Å²) in [5, 5.41) is 14.1. The van der Waals surface area contributed by atoms with Crippen LogP contribution in [0.3, 0.4) is 0 Å². The molecule has 0 bridgehead atoms. The molecule has 0 radical (unpaired) electrons. The highest BCUT2D eigenvalue weighted by Gasteiger charge is 2.26. The van der Waals surface area contributed by atoms with Crippen LogP contribution in [0.5, 0.6) is 5.75 Å². The van der Waals surface area contributed by atoms with Gasteiger partial charge in [0.15, 0.2) is 0 Å². The van der Waals surface area contributed by atoms with Crippen LogP contribution in [0.1, 0.15) is 0 Å². The maximum atomic E-state index is 13.3. The Balaban J connectivity index is 1.90. The molecule has 1 fully saturated rings. The lowest BCUT2D eigenvalue weighted by Gasteiger charge is -2.34. The predicted octanol–water partition coefficient (Wildman–Crippen LogP) is 0.632. The van der Waals surface area contributed by atoms with E-state index in [1.165, 1.54) is 6.20 Å². The van der Waals surface area contributed by atoms with Crippen molar-refractivity contribution >= 4 is 17.0 Å². The summed E-state index contributed by atoms with van der Waals surface area (Å²) in [4.78, 5) is 14.1. The van der Waals surface area contributed by atoms with E-state index in [9.17, 15) is 23.2 Å². The quantitative estimate of drug-likeness (QED) is 0.798. The van der Waals surface area contributed by atoms with Gasteiger partial charge in [0.2, 0.25) is 5.75 Å². The summed E-state index contributed by atoms with van der Waals surface area (Å²) in [6.07, 6.45) is 2.87. The largest absolute Gasteiger partial charge is 0.598 e. The van der Waals surface area contributed by atoms with Gasteiger partial charge < -0.3 is 14.6 Å². The third-order valence-corrected chi connectivity index (χ3v) is 5.06. The number of hydrogen-bond acceptors (Lipinski definition) is 6. The first-order valence-corrected chi connectivity index (χ1v) is 8.99. The summed E-state index contributed by atoms with van der Waals surface area (Å²) in [6, 6.07) is 2.58. The molecule has 2 heterocycles. The fourth-order valence-corrected chi connectivity index (χ4v) is 3.38. The zero-order chi connectivity index (χ0) is 18.1. The lowest BCUT2D eigenvalue weighted by atomic mass is 10.3. The molecule has 0 amide bonds. The number of hydrogen-bond donors (Lipinski definition) is 1. The molecule has 1 saturated heterocycles. The molecule has 0 saturated carbocycles. The molecule has 134 valence electrons. The highest BCUT2D eigenvalue weighted by molar-refractivity contribution is 7.88. The van der Waals surface area contributed by atoms with Crippen molar-refractivity contribution in [2.24, 2.45) is 0 Å². The first-order chi connectivity index (χ1) is 11.9. The molecule has 1 unspecified atom stereocenters. The van der Waals surface area contributed by atoms with E-state index < -0.39 is 34.3 Å². The lowest BCUT2D eigenvalue weighted by Crippen LogP contribution is -2.48. The topological polar surface area (TPSA) is 84.7 Å². The maximum absolute atomic E-state index is 13.3. The van der Waals surface area contributed by atoms with E-state index in [-0.39, 0.29) is 11.4 Å². The van der Waals surface area contributed by atoms with Crippen LogP contribution in [0.15, 0.2) is 29.2 Å². The van der Waals surface area contributed by atoms with Crippen LogP contribution in [-0.4, -0.2) is 56.2 Å². The van der Waals surface area contributed by atoms with Crippen molar-refractivity contribution in [1.82, 2.24) is 14.1 Å². The Morgan fingerprint density at radius 2 is 1.76 bits per heavy atom. The highest BCUT2D eigenvalue weighted by atomic mass is 32.2. The van der Waals surface area contributed by atoms with E-state index in [1.54, 1.807) is 15.5 Å². The van der Waals surface area contributed by atoms with Gasteiger partial charge in [0.05, 0.1) is 25.0 Å². The van der Waals surface area contributed by atoms with Gasteiger partial charge in [-0.25, -0.2) is 8.78 Å². The Kier molecular flexibility index (Phi) is 4.93. The highest BCUT2D eigenvalue weighted by Crippen LogP contribution is 2.24. The van der Waals surface area contributed by atoms with Gasteiger partial charge in [0.1, 0.15) is 23.6 Å². The number of halogens is 2. The molecule has 2 aromatic rings. The van der Waals surface area contributed by atoms with Gasteiger partial charge in [0.25, 0.3) is 0 Å². The van der Waals surface area contributed by atoms with Crippen molar-refractivity contribution in [2.75, 3.05) is 37.3 Å². The summed E-state index contributed by atoms with van der Waals surface area (Å²) in [6.45, 7) is 1.96. The van der Waals surface area contributed by atoms with E-state index in [4.69, 9.17) is 0 Å². The van der Waals surface area contributed by atoms with E-state index in [1.807, 2.05) is 0 Å². The Bertz CT molecular complexity index is 818. The molecule has 0 spiro atoms. The number of anilines is 1. The molecule has 1 N–H and O–H groups in total. The number of rotatable bonds is 3. The molecule has 7 nitrogen and oxygen atoms in total. The normalized spacial score (nSPS) is 16.9. The molecule has 1 aliphatic rings. The monoisotopic (exact) mass is 370 g/mol. The van der Waals surface area contributed by atoms with Crippen molar-refractivity contribution in [1.29, 1.82) is 0 Å². The van der Waals surface area contributed by atoms with Gasteiger partial charge in [-0.2, -0.15) is 9.78 Å². The Hall–Kier alpha value is -2.17. The summed E-state index contributed by atoms with van der Waals surface area (Å²) < 4.78 is 40.6. The first-order valence-electron chi connectivity index (χ1n) is 7.48. The van der Waals surface area contributed by atoms with Gasteiger partial charge in [-0.3, -0.25) is 4.79 Å². The average Bonchev–Trinajstić information content (AvgIpc) is 2.56. The molecular formula is C15H16F2N4O3S. The molecular weight excluding hydrogens is 354 g/mol. The van der Waals surface area contributed by atoms with E-state index in [2.05, 4.69) is 5.10 Å². The molecule has 0 aliphatic carbocycles. The SMILES string of the molecule is C[S+]([O-])N1CCN(c2cnn(-c3cc(F)cc(F)c3)c(=O)c2O)CC1. The first kappa shape index (κ1) is 17.6. The summed E-state index contributed by atoms with van der Waals surface area (Å²) >= 11 is -1.07. The van der Waals surface area contributed by atoms with Crippen molar-refractivity contribution in [3.8, 4) is 11.4 Å². The average molecular weight is 370 g/mol. The Morgan fingerprint density at radius 3 is 2.32 bits per heavy atom. The number of aromatic hydroxyl groups is 1. The van der Waals surface area contributed by atoms with Gasteiger partial charge in [-0.15, -0.1) is 4.31 Å².